The van der Waals surface area contributed by atoms with E-state index in [1.54, 1.807) is 6.08 Å². The lowest BCUT2D eigenvalue weighted by molar-refractivity contribution is 0.0984. The van der Waals surface area contributed by atoms with Crippen LogP contribution in [-0.4, -0.2) is 23.2 Å². The Bertz CT molecular complexity index is 379. The molecule has 0 unspecified atom stereocenters. The lowest BCUT2D eigenvalue weighted by Crippen LogP contribution is -2.28. The van der Waals surface area contributed by atoms with Crippen LogP contribution >= 0.6 is 0 Å². The molecule has 0 atom stereocenters. The molecule has 0 aromatic rings. The Morgan fingerprint density at radius 1 is 0.952 bits per heavy atom. The van der Waals surface area contributed by atoms with Crippen molar-refractivity contribution >= 4 is 16.6 Å². The van der Waals surface area contributed by atoms with Gasteiger partial charge in [-0.05, 0) is 58.7 Å². The Balaban J connectivity index is 5.51. The van der Waals surface area contributed by atoms with Crippen LogP contribution in [0.5, 0.6) is 0 Å². The first-order chi connectivity index (χ1) is 9.50. The Morgan fingerprint density at radius 2 is 1.48 bits per heavy atom. The highest BCUT2D eigenvalue weighted by Gasteiger charge is 2.27. The smallest absolute Gasteiger partial charge is 0.306 e. The fourth-order valence-corrected chi connectivity index (χ4v) is 2.97. The SMILES string of the molecule is CCC/C=C(O[Si](C)(C)C)\C(F)=C(\OCC)O[Si](C)(C)C. The average molecular weight is 335 g/mol. The van der Waals surface area contributed by atoms with Gasteiger partial charge < -0.3 is 13.6 Å². The Labute approximate surface area is 131 Å². The lowest BCUT2D eigenvalue weighted by atomic mass is 10.3. The molecule has 0 heterocycles. The maximum absolute atomic E-state index is 14.8. The summed E-state index contributed by atoms with van der Waals surface area (Å²) in [5, 5.41) is 0. The molecule has 0 aromatic heterocycles. The van der Waals surface area contributed by atoms with E-state index in [2.05, 4.69) is 0 Å². The zero-order valence-corrected chi connectivity index (χ0v) is 16.8. The van der Waals surface area contributed by atoms with Gasteiger partial charge in [0.2, 0.25) is 22.5 Å². The van der Waals surface area contributed by atoms with Crippen molar-refractivity contribution in [3.05, 3.63) is 23.6 Å². The zero-order chi connectivity index (χ0) is 16.7. The van der Waals surface area contributed by atoms with E-state index < -0.39 is 22.5 Å². The summed E-state index contributed by atoms with van der Waals surface area (Å²) in [7, 11) is -3.85. The van der Waals surface area contributed by atoms with Crippen LogP contribution in [0, 0.1) is 0 Å². The van der Waals surface area contributed by atoms with Crippen molar-refractivity contribution in [2.75, 3.05) is 6.61 Å². The van der Waals surface area contributed by atoms with Gasteiger partial charge in [-0.1, -0.05) is 13.3 Å². The van der Waals surface area contributed by atoms with E-state index in [4.69, 9.17) is 13.6 Å². The first-order valence-electron chi connectivity index (χ1n) is 7.61. The molecule has 0 rings (SSSR count). The third-order valence-corrected chi connectivity index (χ3v) is 3.73. The summed E-state index contributed by atoms with van der Waals surface area (Å²) in [6, 6.07) is 0. The molecule has 0 radical (unpaired) electrons. The molecule has 0 fully saturated rings. The Kier molecular flexibility index (Phi) is 8.32. The van der Waals surface area contributed by atoms with Gasteiger partial charge in [0, 0.05) is 0 Å². The first kappa shape index (κ1) is 20.2. The summed E-state index contributed by atoms with van der Waals surface area (Å²) in [5.41, 5.74) is 0. The van der Waals surface area contributed by atoms with Crippen LogP contribution < -0.4 is 0 Å². The number of ether oxygens (including phenoxy) is 1. The number of rotatable bonds is 9. The van der Waals surface area contributed by atoms with E-state index in [9.17, 15) is 4.39 Å². The molecule has 0 bridgehead atoms. The summed E-state index contributed by atoms with van der Waals surface area (Å²) >= 11 is 0. The molecule has 0 N–H and O–H groups in total. The van der Waals surface area contributed by atoms with Crippen LogP contribution in [0.4, 0.5) is 4.39 Å². The first-order valence-corrected chi connectivity index (χ1v) is 14.4. The molecule has 0 aliphatic rings. The monoisotopic (exact) mass is 334 g/mol. The van der Waals surface area contributed by atoms with Gasteiger partial charge in [0.15, 0.2) is 0 Å². The van der Waals surface area contributed by atoms with Gasteiger partial charge in [0.05, 0.1) is 6.61 Å². The highest BCUT2D eigenvalue weighted by Crippen LogP contribution is 2.26. The van der Waals surface area contributed by atoms with E-state index in [-0.39, 0.29) is 11.7 Å². The number of hydrogen-bond donors (Lipinski definition) is 0. The maximum Gasteiger partial charge on any atom is 0.306 e. The predicted molar refractivity (Wildman–Crippen MR) is 91.6 cm³/mol. The Morgan fingerprint density at radius 3 is 1.86 bits per heavy atom. The molecule has 6 heteroatoms. The topological polar surface area (TPSA) is 27.7 Å². The summed E-state index contributed by atoms with van der Waals surface area (Å²) in [6.45, 7) is 16.3. The van der Waals surface area contributed by atoms with Gasteiger partial charge >= 0.3 is 5.95 Å². The fourth-order valence-electron chi connectivity index (χ4n) is 1.43. The lowest BCUT2D eigenvalue weighted by Gasteiger charge is -2.25. The number of allylic oxidation sites excluding steroid dienone is 2. The maximum atomic E-state index is 14.8. The second-order valence-electron chi connectivity index (χ2n) is 6.82. The van der Waals surface area contributed by atoms with Crippen molar-refractivity contribution in [2.45, 2.75) is 66.0 Å². The highest BCUT2D eigenvalue weighted by atomic mass is 28.4. The Hall–Kier alpha value is -0.756. The van der Waals surface area contributed by atoms with Gasteiger partial charge in [0.1, 0.15) is 5.76 Å². The van der Waals surface area contributed by atoms with Crippen molar-refractivity contribution in [1.82, 2.24) is 0 Å². The van der Waals surface area contributed by atoms with Crippen LogP contribution in [0.2, 0.25) is 39.3 Å². The minimum Gasteiger partial charge on any atom is -0.542 e. The average Bonchev–Trinajstić information content (AvgIpc) is 2.30. The number of hydrogen-bond acceptors (Lipinski definition) is 3. The predicted octanol–water partition coefficient (Wildman–Crippen LogP) is 5.55. The van der Waals surface area contributed by atoms with Crippen molar-refractivity contribution in [1.29, 1.82) is 0 Å². The second kappa shape index (κ2) is 8.63. The zero-order valence-electron chi connectivity index (χ0n) is 14.8. The van der Waals surface area contributed by atoms with Crippen LogP contribution in [-0.2, 0) is 13.6 Å². The third kappa shape index (κ3) is 9.74. The summed E-state index contributed by atoms with van der Waals surface area (Å²) in [5.74, 6) is -0.287. The van der Waals surface area contributed by atoms with Crippen LogP contribution in [0.15, 0.2) is 23.6 Å². The van der Waals surface area contributed by atoms with E-state index in [1.165, 1.54) is 0 Å². The molecule has 0 saturated carbocycles. The van der Waals surface area contributed by atoms with Gasteiger partial charge in [0.25, 0.3) is 0 Å². The molecule has 0 aliphatic heterocycles. The van der Waals surface area contributed by atoms with Crippen LogP contribution in [0.3, 0.4) is 0 Å². The van der Waals surface area contributed by atoms with Crippen LogP contribution in [0.25, 0.3) is 0 Å². The molecule has 21 heavy (non-hydrogen) atoms. The molecule has 0 aromatic carbocycles. The third-order valence-electron chi connectivity index (χ3n) is 2.10. The normalized spacial score (nSPS) is 14.6. The van der Waals surface area contributed by atoms with Crippen molar-refractivity contribution < 1.29 is 18.0 Å². The highest BCUT2D eigenvalue weighted by molar-refractivity contribution is 6.70. The van der Waals surface area contributed by atoms with Crippen molar-refractivity contribution in [3.63, 3.8) is 0 Å². The number of unbranched alkanes of at least 4 members (excludes halogenated alkanes) is 1. The summed E-state index contributed by atoms with van der Waals surface area (Å²) in [4.78, 5) is 0. The van der Waals surface area contributed by atoms with Crippen molar-refractivity contribution in [2.24, 2.45) is 0 Å². The minimum absolute atomic E-state index is 0.0303. The van der Waals surface area contributed by atoms with Gasteiger partial charge in [-0.25, -0.2) is 0 Å². The quantitative estimate of drug-likeness (QED) is 0.314. The molecule has 0 saturated heterocycles. The fraction of sp³-hybridized carbons (Fsp3) is 0.733. The summed E-state index contributed by atoms with van der Waals surface area (Å²) < 4.78 is 31.7. The van der Waals surface area contributed by atoms with Gasteiger partial charge in [-0.15, -0.1) is 0 Å². The standard InChI is InChI=1S/C15H31FO3Si2/c1-9-11-12-13(18-20(3,4)5)14(16)15(17-10-2)19-21(6,7)8/h12H,9-11H2,1-8H3/b13-12+,15-14+. The molecule has 3 nitrogen and oxygen atoms in total. The second-order valence-corrected chi connectivity index (χ2v) is 15.7. The largest absolute Gasteiger partial charge is 0.542 e. The van der Waals surface area contributed by atoms with E-state index in [0.717, 1.165) is 12.8 Å². The molecular formula is C15H31FO3Si2. The van der Waals surface area contributed by atoms with E-state index >= 15 is 0 Å². The molecular weight excluding hydrogens is 303 g/mol. The van der Waals surface area contributed by atoms with Gasteiger partial charge in [-0.3, -0.25) is 0 Å². The molecule has 124 valence electrons. The van der Waals surface area contributed by atoms with E-state index in [1.807, 2.05) is 53.1 Å². The van der Waals surface area contributed by atoms with Crippen molar-refractivity contribution in [3.8, 4) is 0 Å². The number of halogens is 1. The molecule has 0 spiro atoms. The molecule has 0 aliphatic carbocycles. The van der Waals surface area contributed by atoms with Crippen LogP contribution in [0.1, 0.15) is 26.7 Å². The van der Waals surface area contributed by atoms with Gasteiger partial charge in [-0.2, -0.15) is 4.39 Å². The minimum atomic E-state index is -1.95. The van der Waals surface area contributed by atoms with E-state index in [0.29, 0.717) is 6.61 Å². The summed E-state index contributed by atoms with van der Waals surface area (Å²) in [6.07, 6.45) is 3.49. The molecule has 0 amide bonds.